The van der Waals surface area contributed by atoms with Gasteiger partial charge >= 0.3 is 11.9 Å². The van der Waals surface area contributed by atoms with Crippen LogP contribution < -0.4 is 4.74 Å². The number of phenols is 1. The van der Waals surface area contributed by atoms with Crippen molar-refractivity contribution in [2.75, 3.05) is 13.2 Å². The maximum atomic E-state index is 11.6. The molecule has 0 bridgehead atoms. The summed E-state index contributed by atoms with van der Waals surface area (Å²) in [6, 6.07) is 6.64. The zero-order valence-electron chi connectivity index (χ0n) is 15.9. The third-order valence-electron chi connectivity index (χ3n) is 3.39. The summed E-state index contributed by atoms with van der Waals surface area (Å²) in [5.74, 6) is -2.23. The second kappa shape index (κ2) is 10.9. The van der Waals surface area contributed by atoms with Gasteiger partial charge in [0.05, 0.1) is 23.1 Å². The summed E-state index contributed by atoms with van der Waals surface area (Å²) in [5, 5.41) is 38.3. The number of carboxylic acids is 1. The number of rotatable bonds is 7. The number of carboxylic acid groups (broad SMARTS) is 1. The average Bonchev–Trinajstić information content (AvgIpc) is 2.69. The van der Waals surface area contributed by atoms with Crippen molar-refractivity contribution < 1.29 is 39.1 Å². The summed E-state index contributed by atoms with van der Waals surface area (Å²) in [5.41, 5.74) is -0.941. The predicted octanol–water partition coefficient (Wildman–Crippen LogP) is 3.17. The molecule has 0 saturated heterocycles. The molecule has 0 aliphatic heterocycles. The first-order chi connectivity index (χ1) is 14.1. The highest BCUT2D eigenvalue weighted by atomic mass is 16.6. The Morgan fingerprint density at radius 3 is 1.93 bits per heavy atom. The highest BCUT2D eigenvalue weighted by Crippen LogP contribution is 2.25. The van der Waals surface area contributed by atoms with Crippen LogP contribution >= 0.6 is 0 Å². The van der Waals surface area contributed by atoms with Crippen LogP contribution in [0.3, 0.4) is 0 Å². The van der Waals surface area contributed by atoms with Gasteiger partial charge in [-0.2, -0.15) is 0 Å². The van der Waals surface area contributed by atoms with E-state index in [2.05, 4.69) is 0 Å². The topological polar surface area (TPSA) is 179 Å². The van der Waals surface area contributed by atoms with Crippen LogP contribution in [0.5, 0.6) is 11.5 Å². The number of non-ortho nitro benzene ring substituents is 2. The van der Waals surface area contributed by atoms with Gasteiger partial charge in [0.25, 0.3) is 11.4 Å². The Morgan fingerprint density at radius 1 is 0.933 bits per heavy atom. The summed E-state index contributed by atoms with van der Waals surface area (Å²) < 4.78 is 10.0. The zero-order valence-corrected chi connectivity index (χ0v) is 15.9. The largest absolute Gasteiger partial charge is 0.507 e. The van der Waals surface area contributed by atoms with Crippen LogP contribution in [0.1, 0.15) is 34.6 Å². The molecule has 2 aromatic carbocycles. The van der Waals surface area contributed by atoms with Crippen molar-refractivity contribution >= 4 is 23.3 Å². The van der Waals surface area contributed by atoms with Crippen LogP contribution in [0, 0.1) is 20.2 Å². The number of benzene rings is 2. The van der Waals surface area contributed by atoms with Gasteiger partial charge in [-0.3, -0.25) is 20.2 Å². The molecule has 0 spiro atoms. The maximum Gasteiger partial charge on any atom is 0.342 e. The molecule has 2 rings (SSSR count). The van der Waals surface area contributed by atoms with E-state index in [0.717, 1.165) is 24.3 Å². The van der Waals surface area contributed by atoms with Gasteiger partial charge in [-0.05, 0) is 26.0 Å². The highest BCUT2D eigenvalue weighted by molar-refractivity contribution is 5.93. The van der Waals surface area contributed by atoms with Gasteiger partial charge in [0.2, 0.25) is 0 Å². The smallest absolute Gasteiger partial charge is 0.342 e. The lowest BCUT2D eigenvalue weighted by Crippen LogP contribution is -2.08. The molecule has 0 fully saturated rings. The van der Waals surface area contributed by atoms with Gasteiger partial charge in [0.15, 0.2) is 0 Å². The van der Waals surface area contributed by atoms with Crippen molar-refractivity contribution in [2.24, 2.45) is 0 Å². The Bertz CT molecular complexity index is 958. The van der Waals surface area contributed by atoms with E-state index in [-0.39, 0.29) is 29.3 Å². The molecular formula is C18H18N2O10. The summed E-state index contributed by atoms with van der Waals surface area (Å²) in [4.78, 5) is 41.5. The van der Waals surface area contributed by atoms with E-state index < -0.39 is 33.1 Å². The monoisotopic (exact) mass is 422 g/mol. The predicted molar refractivity (Wildman–Crippen MR) is 102 cm³/mol. The maximum absolute atomic E-state index is 11.6. The van der Waals surface area contributed by atoms with Gasteiger partial charge in [0, 0.05) is 24.3 Å². The summed E-state index contributed by atoms with van der Waals surface area (Å²) in [7, 11) is 0. The van der Waals surface area contributed by atoms with E-state index in [0.29, 0.717) is 6.61 Å². The molecule has 0 aromatic heterocycles. The first-order valence-electron chi connectivity index (χ1n) is 8.41. The average molecular weight is 422 g/mol. The number of nitrogens with zero attached hydrogens (tertiary/aromatic N) is 2. The van der Waals surface area contributed by atoms with Gasteiger partial charge in [-0.15, -0.1) is 0 Å². The molecule has 0 heterocycles. The Labute approximate surface area is 169 Å². The number of esters is 1. The number of ether oxygens (including phenoxy) is 2. The highest BCUT2D eigenvalue weighted by Gasteiger charge is 2.18. The quantitative estimate of drug-likeness (QED) is 0.382. The number of nitro benzene ring substituents is 2. The molecule has 2 N–H and O–H groups in total. The van der Waals surface area contributed by atoms with Crippen molar-refractivity contribution in [1.82, 2.24) is 0 Å². The van der Waals surface area contributed by atoms with E-state index in [9.17, 15) is 29.8 Å². The number of carbonyl (C=O) groups excluding carboxylic acids is 1. The molecule has 2 aromatic rings. The lowest BCUT2D eigenvalue weighted by atomic mass is 10.2. The first-order valence-corrected chi connectivity index (χ1v) is 8.41. The van der Waals surface area contributed by atoms with Gasteiger partial charge < -0.3 is 19.7 Å². The zero-order chi connectivity index (χ0) is 22.8. The van der Waals surface area contributed by atoms with Crippen molar-refractivity contribution in [3.63, 3.8) is 0 Å². The standard InChI is InChI=1S/C11H13NO5.C7H5NO5/c1-3-16-10-6-5-8(12(14)15)7-9(10)11(13)17-4-2;9-6-2-1-4(8(12)13)3-5(6)7(10)11/h5-7H,3-4H2,1-2H3;1-3,9H,(H,10,11). The molecule has 0 atom stereocenters. The Kier molecular flexibility index (Phi) is 8.69. The molecule has 0 aliphatic rings. The van der Waals surface area contributed by atoms with Crippen molar-refractivity contribution in [2.45, 2.75) is 13.8 Å². The number of hydrogen-bond acceptors (Lipinski definition) is 9. The summed E-state index contributed by atoms with van der Waals surface area (Å²) >= 11 is 0. The Hall–Kier alpha value is -4.22. The van der Waals surface area contributed by atoms with Crippen LogP contribution in [-0.4, -0.2) is 45.2 Å². The number of nitro groups is 2. The Morgan fingerprint density at radius 2 is 1.47 bits per heavy atom. The first kappa shape index (κ1) is 23.8. The minimum Gasteiger partial charge on any atom is -0.507 e. The molecule has 0 aliphatic carbocycles. The lowest BCUT2D eigenvalue weighted by molar-refractivity contribution is -0.385. The minimum atomic E-state index is -1.40. The second-order valence-corrected chi connectivity index (χ2v) is 5.35. The molecule has 12 nitrogen and oxygen atoms in total. The Balaban J connectivity index is 0.000000311. The number of carbonyl (C=O) groups is 2. The third-order valence-corrected chi connectivity index (χ3v) is 3.39. The fourth-order valence-corrected chi connectivity index (χ4v) is 2.09. The molecule has 160 valence electrons. The van der Waals surface area contributed by atoms with Crippen LogP contribution in [0.15, 0.2) is 36.4 Å². The number of aromatic hydroxyl groups is 1. The van der Waals surface area contributed by atoms with Gasteiger partial charge in [-0.25, -0.2) is 9.59 Å². The third kappa shape index (κ3) is 6.44. The lowest BCUT2D eigenvalue weighted by Gasteiger charge is -2.08. The minimum absolute atomic E-state index is 0.0721. The van der Waals surface area contributed by atoms with Gasteiger partial charge in [0.1, 0.15) is 22.6 Å². The molecule has 0 saturated carbocycles. The number of hydrogen-bond donors (Lipinski definition) is 2. The van der Waals surface area contributed by atoms with E-state index in [1.54, 1.807) is 13.8 Å². The molecule has 0 radical (unpaired) electrons. The van der Waals surface area contributed by atoms with Crippen LogP contribution in [0.25, 0.3) is 0 Å². The van der Waals surface area contributed by atoms with Crippen LogP contribution in [0.2, 0.25) is 0 Å². The second-order valence-electron chi connectivity index (χ2n) is 5.35. The molecule has 0 amide bonds. The fourth-order valence-electron chi connectivity index (χ4n) is 2.09. The molecule has 0 unspecified atom stereocenters. The van der Waals surface area contributed by atoms with E-state index in [1.165, 1.54) is 12.1 Å². The van der Waals surface area contributed by atoms with Crippen molar-refractivity contribution in [3.05, 3.63) is 67.8 Å². The van der Waals surface area contributed by atoms with Crippen LogP contribution in [0.4, 0.5) is 11.4 Å². The van der Waals surface area contributed by atoms with Crippen LogP contribution in [-0.2, 0) is 4.74 Å². The fraction of sp³-hybridized carbons (Fsp3) is 0.222. The SMILES string of the molecule is CCOC(=O)c1cc([N+](=O)[O-])ccc1OCC.O=C(O)c1cc([N+](=O)[O-])ccc1O. The number of aromatic carboxylic acids is 1. The van der Waals surface area contributed by atoms with Crippen molar-refractivity contribution in [3.8, 4) is 11.5 Å². The molecule has 30 heavy (non-hydrogen) atoms. The van der Waals surface area contributed by atoms with Crippen molar-refractivity contribution in [1.29, 1.82) is 0 Å². The normalized spacial score (nSPS) is 9.67. The summed E-state index contributed by atoms with van der Waals surface area (Å²) in [6.45, 7) is 3.99. The van der Waals surface area contributed by atoms with E-state index in [4.69, 9.17) is 19.7 Å². The summed E-state index contributed by atoms with van der Waals surface area (Å²) in [6.07, 6.45) is 0. The van der Waals surface area contributed by atoms with Gasteiger partial charge in [-0.1, -0.05) is 0 Å². The van der Waals surface area contributed by atoms with E-state index >= 15 is 0 Å². The van der Waals surface area contributed by atoms with E-state index in [1.807, 2.05) is 0 Å². The molecule has 12 heteroatoms. The molecular weight excluding hydrogens is 404 g/mol.